The zero-order chi connectivity index (χ0) is 8.39. The van der Waals surface area contributed by atoms with Gasteiger partial charge in [0.2, 0.25) is 0 Å². The van der Waals surface area contributed by atoms with Crippen molar-refractivity contribution >= 4 is 0 Å². The lowest BCUT2D eigenvalue weighted by Crippen LogP contribution is -2.43. The highest BCUT2D eigenvalue weighted by Crippen LogP contribution is 2.21. The zero-order valence-corrected chi connectivity index (χ0v) is 6.68. The van der Waals surface area contributed by atoms with Crippen molar-refractivity contribution in [1.82, 2.24) is 9.97 Å². The smallest absolute Gasteiger partial charge is 0.316 e. The number of nitrogens with two attached hydrogens (primary N) is 1. The summed E-state index contributed by atoms with van der Waals surface area (Å²) in [6.45, 7) is 0. The highest BCUT2D eigenvalue weighted by atomic mass is 16.5. The fourth-order valence-electron chi connectivity index (χ4n) is 1.20. The molecule has 0 aliphatic heterocycles. The minimum atomic E-state index is 0.224. The Morgan fingerprint density at radius 2 is 2.00 bits per heavy atom. The molecule has 1 heterocycles. The molecule has 1 fully saturated rings. The first-order valence-electron chi connectivity index (χ1n) is 4.04. The van der Waals surface area contributed by atoms with E-state index in [0.29, 0.717) is 12.1 Å². The van der Waals surface area contributed by atoms with Gasteiger partial charge in [0.25, 0.3) is 0 Å². The first-order chi connectivity index (χ1) is 5.84. The number of aromatic nitrogens is 2. The highest BCUT2D eigenvalue weighted by Gasteiger charge is 2.28. The van der Waals surface area contributed by atoms with Crippen molar-refractivity contribution < 1.29 is 4.74 Å². The van der Waals surface area contributed by atoms with Crippen molar-refractivity contribution in [1.29, 1.82) is 0 Å². The van der Waals surface area contributed by atoms with Gasteiger partial charge in [-0.1, -0.05) is 0 Å². The van der Waals surface area contributed by atoms with Gasteiger partial charge in [-0.3, -0.25) is 0 Å². The van der Waals surface area contributed by atoms with Gasteiger partial charge in [0.1, 0.15) is 6.10 Å². The molecule has 2 N–H and O–H groups in total. The van der Waals surface area contributed by atoms with Gasteiger partial charge in [-0.15, -0.1) is 0 Å². The van der Waals surface area contributed by atoms with Crippen molar-refractivity contribution in [3.05, 3.63) is 18.5 Å². The van der Waals surface area contributed by atoms with Crippen molar-refractivity contribution in [2.45, 2.75) is 25.0 Å². The number of hydrogen-bond donors (Lipinski definition) is 1. The summed E-state index contributed by atoms with van der Waals surface area (Å²) in [5, 5.41) is 0. The molecule has 2 rings (SSSR count). The highest BCUT2D eigenvalue weighted by molar-refractivity contribution is 4.96. The molecule has 1 aromatic rings. The second-order valence-electron chi connectivity index (χ2n) is 3.00. The molecule has 1 aliphatic rings. The third-order valence-corrected chi connectivity index (χ3v) is 1.95. The van der Waals surface area contributed by atoms with E-state index in [0.717, 1.165) is 12.8 Å². The van der Waals surface area contributed by atoms with E-state index in [2.05, 4.69) is 9.97 Å². The number of ether oxygens (including phenoxy) is 1. The molecular formula is C8H11N3O. The Labute approximate surface area is 70.8 Å². The Kier molecular flexibility index (Phi) is 1.91. The maximum atomic E-state index is 5.60. The van der Waals surface area contributed by atoms with Gasteiger partial charge in [-0.05, 0) is 18.9 Å². The van der Waals surface area contributed by atoms with E-state index in [1.165, 1.54) is 0 Å². The minimum Gasteiger partial charge on any atom is -0.460 e. The van der Waals surface area contributed by atoms with Gasteiger partial charge in [-0.2, -0.15) is 0 Å². The van der Waals surface area contributed by atoms with Crippen LogP contribution in [0.15, 0.2) is 18.5 Å². The van der Waals surface area contributed by atoms with Crippen LogP contribution in [0.2, 0.25) is 0 Å². The quantitative estimate of drug-likeness (QED) is 0.686. The molecule has 1 aliphatic carbocycles. The predicted octanol–water partition coefficient (Wildman–Crippen LogP) is 0.345. The van der Waals surface area contributed by atoms with Gasteiger partial charge in [0.15, 0.2) is 0 Å². The van der Waals surface area contributed by atoms with Gasteiger partial charge in [0.05, 0.1) is 0 Å². The summed E-state index contributed by atoms with van der Waals surface area (Å²) in [6, 6.07) is 2.52. The van der Waals surface area contributed by atoms with E-state index >= 15 is 0 Å². The summed E-state index contributed by atoms with van der Waals surface area (Å²) in [4.78, 5) is 7.90. The Morgan fingerprint density at radius 3 is 2.58 bits per heavy atom. The van der Waals surface area contributed by atoms with Crippen LogP contribution in [0.5, 0.6) is 6.01 Å². The summed E-state index contributed by atoms with van der Waals surface area (Å²) in [5.41, 5.74) is 5.60. The van der Waals surface area contributed by atoms with Crippen LogP contribution in [0, 0.1) is 0 Å². The molecule has 0 aromatic carbocycles. The molecule has 1 aromatic heterocycles. The first-order valence-corrected chi connectivity index (χ1v) is 4.04. The molecule has 0 spiro atoms. The van der Waals surface area contributed by atoms with Gasteiger partial charge in [-0.25, -0.2) is 9.97 Å². The molecule has 0 unspecified atom stereocenters. The third kappa shape index (κ3) is 1.53. The average Bonchev–Trinajstić information content (AvgIpc) is 2.04. The van der Waals surface area contributed by atoms with Crippen LogP contribution in [0.4, 0.5) is 0 Å². The largest absolute Gasteiger partial charge is 0.460 e. The Morgan fingerprint density at radius 1 is 1.33 bits per heavy atom. The van der Waals surface area contributed by atoms with Crippen LogP contribution in [-0.4, -0.2) is 22.1 Å². The molecule has 0 radical (unpaired) electrons. The normalized spacial score (nSPS) is 27.8. The van der Waals surface area contributed by atoms with E-state index in [1.807, 2.05) is 0 Å². The van der Waals surface area contributed by atoms with Crippen LogP contribution in [0.1, 0.15) is 12.8 Å². The standard InChI is InChI=1S/C8H11N3O/c9-6-4-7(5-6)12-8-10-2-1-3-11-8/h1-3,6-7H,4-5,9H2. The predicted molar refractivity (Wildman–Crippen MR) is 43.7 cm³/mol. The lowest BCUT2D eigenvalue weighted by atomic mass is 9.90. The molecule has 12 heavy (non-hydrogen) atoms. The van der Waals surface area contributed by atoms with Gasteiger partial charge < -0.3 is 10.5 Å². The average molecular weight is 165 g/mol. The van der Waals surface area contributed by atoms with E-state index in [4.69, 9.17) is 10.5 Å². The number of rotatable bonds is 2. The summed E-state index contributed by atoms with van der Waals surface area (Å²) < 4.78 is 5.42. The van der Waals surface area contributed by atoms with E-state index in [-0.39, 0.29) is 6.10 Å². The Bertz CT molecular complexity index is 246. The van der Waals surface area contributed by atoms with Crippen LogP contribution >= 0.6 is 0 Å². The van der Waals surface area contributed by atoms with Crippen molar-refractivity contribution in [2.24, 2.45) is 5.73 Å². The van der Waals surface area contributed by atoms with Crippen LogP contribution in [-0.2, 0) is 0 Å². The topological polar surface area (TPSA) is 61.0 Å². The van der Waals surface area contributed by atoms with Crippen LogP contribution in [0.3, 0.4) is 0 Å². The summed E-state index contributed by atoms with van der Waals surface area (Å²) in [5.74, 6) is 0. The Hall–Kier alpha value is -1.16. The minimum absolute atomic E-state index is 0.224. The molecule has 4 nitrogen and oxygen atoms in total. The molecule has 64 valence electrons. The van der Waals surface area contributed by atoms with Crippen molar-refractivity contribution in [2.75, 3.05) is 0 Å². The second-order valence-corrected chi connectivity index (χ2v) is 3.00. The molecular weight excluding hydrogens is 154 g/mol. The molecule has 0 atom stereocenters. The molecule has 1 saturated carbocycles. The zero-order valence-electron chi connectivity index (χ0n) is 6.68. The van der Waals surface area contributed by atoms with Crippen molar-refractivity contribution in [3.8, 4) is 6.01 Å². The Balaban J connectivity index is 1.88. The summed E-state index contributed by atoms with van der Waals surface area (Å²) >= 11 is 0. The molecule has 0 amide bonds. The maximum absolute atomic E-state index is 5.60. The van der Waals surface area contributed by atoms with Crippen LogP contribution < -0.4 is 10.5 Å². The SMILES string of the molecule is NC1CC(Oc2ncccn2)C1. The van der Waals surface area contributed by atoms with E-state index in [1.54, 1.807) is 18.5 Å². The molecule has 0 saturated heterocycles. The number of hydrogen-bond acceptors (Lipinski definition) is 4. The maximum Gasteiger partial charge on any atom is 0.316 e. The molecule has 4 heteroatoms. The fourth-order valence-corrected chi connectivity index (χ4v) is 1.20. The van der Waals surface area contributed by atoms with E-state index < -0.39 is 0 Å². The molecule has 0 bridgehead atoms. The summed E-state index contributed by atoms with van der Waals surface area (Å²) in [6.07, 6.45) is 5.39. The monoisotopic (exact) mass is 165 g/mol. The lowest BCUT2D eigenvalue weighted by Gasteiger charge is -2.31. The van der Waals surface area contributed by atoms with Crippen molar-refractivity contribution in [3.63, 3.8) is 0 Å². The van der Waals surface area contributed by atoms with Crippen LogP contribution in [0.25, 0.3) is 0 Å². The van der Waals surface area contributed by atoms with Gasteiger partial charge in [0, 0.05) is 18.4 Å². The first kappa shape index (κ1) is 7.49. The lowest BCUT2D eigenvalue weighted by molar-refractivity contribution is 0.0904. The summed E-state index contributed by atoms with van der Waals surface area (Å²) in [7, 11) is 0. The second kappa shape index (κ2) is 3.06. The fraction of sp³-hybridized carbons (Fsp3) is 0.500. The van der Waals surface area contributed by atoms with E-state index in [9.17, 15) is 0 Å². The van der Waals surface area contributed by atoms with Gasteiger partial charge >= 0.3 is 6.01 Å². The number of nitrogens with zero attached hydrogens (tertiary/aromatic N) is 2. The third-order valence-electron chi connectivity index (χ3n) is 1.95.